The van der Waals surface area contributed by atoms with Gasteiger partial charge < -0.3 is 4.42 Å². The minimum atomic E-state index is -0.287. The van der Waals surface area contributed by atoms with Crippen LogP contribution in [0.3, 0.4) is 0 Å². The maximum Gasteiger partial charge on any atom is 0.336 e. The highest BCUT2D eigenvalue weighted by molar-refractivity contribution is 7.98. The average molecular weight is 282 g/mol. The normalized spacial score (nSPS) is 10.8. The molecule has 0 spiro atoms. The third kappa shape index (κ3) is 2.78. The fourth-order valence-corrected chi connectivity index (χ4v) is 3.24. The lowest BCUT2D eigenvalue weighted by Gasteiger charge is -2.06. The summed E-state index contributed by atoms with van der Waals surface area (Å²) in [6.45, 7) is 1.80. The second-order valence-corrected chi connectivity index (χ2v) is 5.70. The highest BCUT2D eigenvalue weighted by Gasteiger charge is 2.03. The van der Waals surface area contributed by atoms with Gasteiger partial charge in [-0.25, -0.2) is 4.79 Å². The summed E-state index contributed by atoms with van der Waals surface area (Å²) in [7, 11) is 0. The molecule has 0 bridgehead atoms. The molecule has 20 heavy (non-hydrogen) atoms. The Kier molecular flexibility index (Phi) is 3.61. The van der Waals surface area contributed by atoms with E-state index in [0.717, 1.165) is 10.6 Å². The summed E-state index contributed by atoms with van der Waals surface area (Å²) < 4.78 is 4.97. The summed E-state index contributed by atoms with van der Waals surface area (Å²) in [4.78, 5) is 12.3. The minimum Gasteiger partial charge on any atom is -0.428 e. The predicted molar refractivity (Wildman–Crippen MR) is 83.2 cm³/mol. The van der Waals surface area contributed by atoms with Crippen molar-refractivity contribution in [3.8, 4) is 0 Å². The van der Waals surface area contributed by atoms with E-state index in [1.165, 1.54) is 16.3 Å². The molecule has 3 rings (SSSR count). The zero-order chi connectivity index (χ0) is 13.9. The molecule has 2 nitrogen and oxygen atoms in total. The van der Waals surface area contributed by atoms with E-state index in [4.69, 9.17) is 4.42 Å². The van der Waals surface area contributed by atoms with Crippen molar-refractivity contribution in [3.05, 3.63) is 76.3 Å². The first-order valence-electron chi connectivity index (χ1n) is 6.43. The summed E-state index contributed by atoms with van der Waals surface area (Å²) in [6.07, 6.45) is 0. The van der Waals surface area contributed by atoms with Gasteiger partial charge in [-0.15, -0.1) is 11.8 Å². The van der Waals surface area contributed by atoms with Crippen LogP contribution in [0.15, 0.2) is 68.7 Å². The molecule has 0 unspecified atom stereocenters. The van der Waals surface area contributed by atoms with E-state index >= 15 is 0 Å². The number of rotatable bonds is 3. The van der Waals surface area contributed by atoms with E-state index in [1.54, 1.807) is 24.8 Å². The van der Waals surface area contributed by atoms with Gasteiger partial charge in [0.15, 0.2) is 0 Å². The standard InChI is InChI=1S/C17H14O2S/c1-12-9-15(10-17(18)19-12)20-11-14-7-4-6-13-5-2-3-8-16(13)14/h2-10H,11H2,1H3. The van der Waals surface area contributed by atoms with Gasteiger partial charge in [0.2, 0.25) is 0 Å². The van der Waals surface area contributed by atoms with Crippen molar-refractivity contribution >= 4 is 22.5 Å². The molecule has 0 fully saturated rings. The number of hydrogen-bond acceptors (Lipinski definition) is 3. The molecule has 0 saturated carbocycles. The molecule has 0 amide bonds. The monoisotopic (exact) mass is 282 g/mol. The van der Waals surface area contributed by atoms with Crippen molar-refractivity contribution in [3.63, 3.8) is 0 Å². The van der Waals surface area contributed by atoms with Gasteiger partial charge in [-0.2, -0.15) is 0 Å². The molecular formula is C17H14O2S. The molecule has 0 aliphatic rings. The Labute approximate surface area is 121 Å². The predicted octanol–water partition coefficient (Wildman–Crippen LogP) is 4.39. The third-order valence-corrected chi connectivity index (χ3v) is 4.17. The molecule has 1 heterocycles. The first kappa shape index (κ1) is 13.0. The van der Waals surface area contributed by atoms with E-state index in [9.17, 15) is 4.79 Å². The number of benzene rings is 2. The Morgan fingerprint density at radius 2 is 1.85 bits per heavy atom. The fourth-order valence-electron chi connectivity index (χ4n) is 2.24. The molecule has 0 radical (unpaired) electrons. The van der Waals surface area contributed by atoms with Crippen LogP contribution in [0, 0.1) is 6.92 Å². The van der Waals surface area contributed by atoms with Crippen LogP contribution in [-0.4, -0.2) is 0 Å². The van der Waals surface area contributed by atoms with Crippen molar-refractivity contribution in [1.29, 1.82) is 0 Å². The third-order valence-electron chi connectivity index (χ3n) is 3.14. The van der Waals surface area contributed by atoms with Gasteiger partial charge in [-0.1, -0.05) is 42.5 Å². The quantitative estimate of drug-likeness (QED) is 0.667. The summed E-state index contributed by atoms with van der Waals surface area (Å²) in [5, 5.41) is 2.51. The van der Waals surface area contributed by atoms with Crippen LogP contribution in [0.5, 0.6) is 0 Å². The fraction of sp³-hybridized carbons (Fsp3) is 0.118. The van der Waals surface area contributed by atoms with Gasteiger partial charge in [0.05, 0.1) is 0 Å². The van der Waals surface area contributed by atoms with Gasteiger partial charge in [0, 0.05) is 16.7 Å². The summed E-state index contributed by atoms with van der Waals surface area (Å²) in [5.41, 5.74) is 0.990. The van der Waals surface area contributed by atoms with Crippen molar-refractivity contribution < 1.29 is 4.42 Å². The topological polar surface area (TPSA) is 30.2 Å². The van der Waals surface area contributed by atoms with Crippen molar-refractivity contribution in [2.75, 3.05) is 0 Å². The van der Waals surface area contributed by atoms with E-state index in [-0.39, 0.29) is 5.63 Å². The highest BCUT2D eigenvalue weighted by Crippen LogP contribution is 2.27. The van der Waals surface area contributed by atoms with Crippen LogP contribution < -0.4 is 5.63 Å². The van der Waals surface area contributed by atoms with E-state index < -0.39 is 0 Å². The number of thioether (sulfide) groups is 1. The zero-order valence-electron chi connectivity index (χ0n) is 11.1. The summed E-state index contributed by atoms with van der Waals surface area (Å²) in [5.74, 6) is 1.49. The smallest absolute Gasteiger partial charge is 0.336 e. The van der Waals surface area contributed by atoms with Gasteiger partial charge >= 0.3 is 5.63 Å². The van der Waals surface area contributed by atoms with Gasteiger partial charge in [-0.3, -0.25) is 0 Å². The number of hydrogen-bond donors (Lipinski definition) is 0. The first-order valence-corrected chi connectivity index (χ1v) is 7.42. The molecule has 2 aromatic carbocycles. The Hall–Kier alpha value is -2.00. The second kappa shape index (κ2) is 5.55. The molecule has 0 N–H and O–H groups in total. The molecule has 0 atom stereocenters. The van der Waals surface area contributed by atoms with E-state index in [0.29, 0.717) is 5.76 Å². The van der Waals surface area contributed by atoms with Crippen molar-refractivity contribution in [2.24, 2.45) is 0 Å². The van der Waals surface area contributed by atoms with E-state index in [2.05, 4.69) is 36.4 Å². The van der Waals surface area contributed by atoms with Crippen LogP contribution >= 0.6 is 11.8 Å². The highest BCUT2D eigenvalue weighted by atomic mass is 32.2. The lowest BCUT2D eigenvalue weighted by Crippen LogP contribution is -1.97. The minimum absolute atomic E-state index is 0.287. The van der Waals surface area contributed by atoms with Crippen molar-refractivity contribution in [1.82, 2.24) is 0 Å². The maximum atomic E-state index is 11.4. The lowest BCUT2D eigenvalue weighted by molar-refractivity contribution is 0.475. The summed E-state index contributed by atoms with van der Waals surface area (Å²) >= 11 is 1.66. The maximum absolute atomic E-state index is 11.4. The second-order valence-electron chi connectivity index (χ2n) is 4.65. The molecule has 100 valence electrons. The zero-order valence-corrected chi connectivity index (χ0v) is 11.9. The Morgan fingerprint density at radius 1 is 1.05 bits per heavy atom. The molecule has 0 saturated heterocycles. The SMILES string of the molecule is Cc1cc(SCc2cccc3ccccc23)cc(=O)o1. The molecule has 0 aliphatic heterocycles. The summed E-state index contributed by atoms with van der Waals surface area (Å²) in [6, 6.07) is 18.1. The van der Waals surface area contributed by atoms with Crippen LogP contribution in [0.2, 0.25) is 0 Å². The van der Waals surface area contributed by atoms with Crippen molar-refractivity contribution in [2.45, 2.75) is 17.6 Å². The Morgan fingerprint density at radius 3 is 2.70 bits per heavy atom. The van der Waals surface area contributed by atoms with Gasteiger partial charge in [0.1, 0.15) is 5.76 Å². The average Bonchev–Trinajstić information content (AvgIpc) is 2.44. The first-order chi connectivity index (χ1) is 9.72. The van der Waals surface area contributed by atoms with Crippen LogP contribution in [-0.2, 0) is 5.75 Å². The van der Waals surface area contributed by atoms with E-state index in [1.807, 2.05) is 12.1 Å². The lowest BCUT2D eigenvalue weighted by atomic mass is 10.1. The molecule has 3 aromatic rings. The van der Waals surface area contributed by atoms with Crippen LogP contribution in [0.1, 0.15) is 11.3 Å². The molecular weight excluding hydrogens is 268 g/mol. The van der Waals surface area contributed by atoms with Gasteiger partial charge in [-0.05, 0) is 29.3 Å². The molecule has 1 aromatic heterocycles. The van der Waals surface area contributed by atoms with Gasteiger partial charge in [0.25, 0.3) is 0 Å². The molecule has 3 heteroatoms. The number of aryl methyl sites for hydroxylation is 1. The Balaban J connectivity index is 1.88. The Bertz CT molecular complexity index is 800. The van der Waals surface area contributed by atoms with Crippen LogP contribution in [0.25, 0.3) is 10.8 Å². The van der Waals surface area contributed by atoms with Crippen LogP contribution in [0.4, 0.5) is 0 Å². The largest absolute Gasteiger partial charge is 0.428 e. The molecule has 0 aliphatic carbocycles. The number of fused-ring (bicyclic) bond motifs is 1.